The van der Waals surface area contributed by atoms with E-state index in [0.717, 1.165) is 31.8 Å². The van der Waals surface area contributed by atoms with E-state index in [1.807, 2.05) is 6.41 Å². The Morgan fingerprint density at radius 1 is 0.619 bits per heavy atom. The standard InChI is InChI=1S/C46H42Cl4F2N8O6.C15H10Cl2FN3O2.C7H12NO.I3.I2.HI.Y/c1-4-39(61)58-14-9-25(10-15-58)66-38-20-28-33(22-36(38)64-3)54-24-56-46(28)60(34-8-6-30(48)42(50)44(34)52)18-13-40(62)59-16-11-26(12-17-59)65-37-19-27-32(21-35(37)63-2)53-23-55-45(27)57-31-7-5-29(47)41(49)43(31)51;1-23-12-5-10-7(4-11(12)22)15(20-6-19-10)21-9-3-2-8(16)13(17)14(9)18;1-7-2-4-8(6-9)5-3-7;1-3-2;1-2;;/h4-8,19-26H,1,9-18H2,2-3H3,(H,53,55,57);2-6,22H,1H3,(H,19,20,21);7H,2-5H2,1H3;;;1H;/q;;2*-1;;;. The van der Waals surface area contributed by atoms with Gasteiger partial charge in [-0.2, -0.15) is 6.41 Å². The fourth-order valence-electron chi connectivity index (χ4n) is 11.2. The van der Waals surface area contributed by atoms with Gasteiger partial charge >= 0.3 is 50.5 Å². The molecular formula is C68H65Cl6F3I6N12O9Y-2. The average Bonchev–Trinajstić information content (AvgIpc) is 0.808. The van der Waals surface area contributed by atoms with Gasteiger partial charge in [0.2, 0.25) is 11.8 Å². The van der Waals surface area contributed by atoms with Gasteiger partial charge in [0, 0.05) is 169 Å². The van der Waals surface area contributed by atoms with Crippen LogP contribution in [0.1, 0.15) is 51.9 Å². The first kappa shape index (κ1) is 90.6. The summed E-state index contributed by atoms with van der Waals surface area (Å²) in [6, 6.07) is 18.7. The SMILES string of the molecule is C=CC(=O)N1CCC(Oc2cc3c(N(CCC(=O)N4CCC(Oc5cc6c(Nc7ccc(Cl)c(Cl)c7F)ncnc6cc5OC)CC4)c4ccc(Cl)c(Cl)c4F)ncnc3cc2OC)CC1.CC1CCN([C-]=O)CC1.COc1cc2ncnc(Nc3ccc(Cl)c(Cl)c3F)c2cc1O.I.II.I[I-]I.[Y]. The molecule has 3 N–H and O–H groups in total. The molecular weight excluding hydrogens is 2250 g/mol. The van der Waals surface area contributed by atoms with Crippen LogP contribution in [0.15, 0.2) is 104 Å². The molecule has 3 saturated heterocycles. The van der Waals surface area contributed by atoms with E-state index in [1.54, 1.807) is 49.9 Å². The number of anilines is 6. The second-order valence-electron chi connectivity index (χ2n) is 22.9. The van der Waals surface area contributed by atoms with E-state index < -0.39 is 17.5 Å². The van der Waals surface area contributed by atoms with Gasteiger partial charge < -0.3 is 63.8 Å². The minimum atomic E-state index is -0.785. The molecule has 3 fully saturated rings. The molecule has 9 aromatic rings. The van der Waals surface area contributed by atoms with Crippen LogP contribution in [0, 0.1) is 23.4 Å². The van der Waals surface area contributed by atoms with Gasteiger partial charge in [0.1, 0.15) is 48.6 Å². The number of piperidine rings is 3. The number of aromatic hydroxyl groups is 1. The minimum Gasteiger partial charge on any atom is 0 e. The van der Waals surface area contributed by atoms with Crippen LogP contribution in [0.25, 0.3) is 32.7 Å². The average molecular weight is 2310 g/mol. The number of aromatic nitrogens is 6. The van der Waals surface area contributed by atoms with Crippen LogP contribution in [0.4, 0.5) is 47.7 Å². The Morgan fingerprint density at radius 3 is 1.50 bits per heavy atom. The maximum absolute atomic E-state index is 16.1. The number of hydrogen-bond donors (Lipinski definition) is 3. The summed E-state index contributed by atoms with van der Waals surface area (Å²) >= 11 is 45.7. The Balaban J connectivity index is 0.000000361. The zero-order valence-corrected chi connectivity index (χ0v) is 76.5. The number of rotatable bonds is 18. The minimum absolute atomic E-state index is 0. The third-order valence-corrected chi connectivity index (χ3v) is 19.0. The van der Waals surface area contributed by atoms with Crippen LogP contribution in [0.2, 0.25) is 30.1 Å². The molecule has 0 atom stereocenters. The number of fused-ring (bicyclic) bond motifs is 3. The smallest absolute Gasteiger partial charge is 0 e. The zero-order chi connectivity index (χ0) is 74.6. The Hall–Kier alpha value is -3.30. The summed E-state index contributed by atoms with van der Waals surface area (Å²) in [7, 11) is 4.48. The molecule has 3 aliphatic rings. The molecule has 0 saturated carbocycles. The summed E-state index contributed by atoms with van der Waals surface area (Å²) in [5.74, 6) is 1.09. The molecule has 12 rings (SSSR count). The number of phenolic OH excluding ortho intramolecular Hbond substituents is 1. The topological polar surface area (TPSA) is 232 Å². The summed E-state index contributed by atoms with van der Waals surface area (Å²) in [6.45, 7) is 9.40. The Labute approximate surface area is 729 Å². The molecule has 1 radical (unpaired) electrons. The van der Waals surface area contributed by atoms with Crippen molar-refractivity contribution in [2.75, 3.05) is 82.7 Å². The monoisotopic (exact) mass is 2310 g/mol. The quantitative estimate of drug-likeness (QED) is 0.0314. The van der Waals surface area contributed by atoms with E-state index in [1.165, 1.54) is 88.9 Å². The van der Waals surface area contributed by atoms with Crippen molar-refractivity contribution in [2.45, 2.75) is 64.1 Å². The molecule has 0 aliphatic carbocycles. The number of likely N-dealkylation sites (tertiary alicyclic amines) is 3. The first-order valence-corrected chi connectivity index (χ1v) is 52.3. The van der Waals surface area contributed by atoms with Gasteiger partial charge in [-0.25, -0.2) is 43.1 Å². The fraction of sp³-hybridized carbons (Fsp3) is 0.309. The maximum atomic E-state index is 16.1. The van der Waals surface area contributed by atoms with Crippen LogP contribution in [-0.4, -0.2) is 147 Å². The van der Waals surface area contributed by atoms with Gasteiger partial charge in [0.05, 0.1) is 85.1 Å². The van der Waals surface area contributed by atoms with Crippen LogP contribution in [0.3, 0.4) is 0 Å². The van der Waals surface area contributed by atoms with Gasteiger partial charge in [-0.1, -0.05) is 83.1 Å². The number of hydrogen-bond acceptors (Lipinski definition) is 18. The van der Waals surface area contributed by atoms with Crippen molar-refractivity contribution in [1.29, 1.82) is 0 Å². The normalized spacial score (nSPS) is 13.7. The van der Waals surface area contributed by atoms with E-state index in [-0.39, 0.29) is 152 Å². The van der Waals surface area contributed by atoms with Crippen LogP contribution in [-0.2, 0) is 47.1 Å². The van der Waals surface area contributed by atoms with Crippen molar-refractivity contribution in [3.05, 3.63) is 152 Å². The number of ether oxygens (including phenoxy) is 5. The van der Waals surface area contributed by atoms with Crippen LogP contribution >= 0.6 is 168 Å². The van der Waals surface area contributed by atoms with Crippen molar-refractivity contribution < 1.29 is 102 Å². The van der Waals surface area contributed by atoms with Gasteiger partial charge in [0.15, 0.2) is 51.9 Å². The van der Waals surface area contributed by atoms with Crippen LogP contribution in [0.5, 0.6) is 34.5 Å². The summed E-state index contributed by atoms with van der Waals surface area (Å²) in [5.41, 5.74) is 1.76. The first-order chi connectivity index (χ1) is 49.6. The summed E-state index contributed by atoms with van der Waals surface area (Å²) in [4.78, 5) is 68.9. The third-order valence-electron chi connectivity index (χ3n) is 16.7. The van der Waals surface area contributed by atoms with E-state index >= 15 is 4.39 Å². The van der Waals surface area contributed by atoms with Gasteiger partial charge in [-0.15, -0.1) is 24.0 Å². The Morgan fingerprint density at radius 2 is 1.04 bits per heavy atom. The predicted molar refractivity (Wildman–Crippen MR) is 445 cm³/mol. The molecule has 6 heterocycles. The molecule has 0 unspecified atom stereocenters. The maximum Gasteiger partial charge on any atom is 0 e. The Bertz CT molecular complexity index is 4500. The van der Waals surface area contributed by atoms with Crippen molar-refractivity contribution in [2.24, 2.45) is 5.92 Å². The Kier molecular flexibility index (Phi) is 38.5. The van der Waals surface area contributed by atoms with Gasteiger partial charge in [-0.05, 0) is 92.5 Å². The van der Waals surface area contributed by atoms with Crippen molar-refractivity contribution in [3.8, 4) is 34.5 Å². The molecule has 3 aromatic heterocycles. The summed E-state index contributed by atoms with van der Waals surface area (Å²) in [6.07, 6.45) is 11.1. The molecule has 105 heavy (non-hydrogen) atoms. The third kappa shape index (κ3) is 23.9. The number of nitrogens with zero attached hydrogens (tertiary/aromatic N) is 10. The molecule has 21 nitrogen and oxygen atoms in total. The van der Waals surface area contributed by atoms with E-state index in [4.69, 9.17) is 93.3 Å². The van der Waals surface area contributed by atoms with Crippen molar-refractivity contribution in [3.63, 3.8) is 0 Å². The summed E-state index contributed by atoms with van der Waals surface area (Å²) < 4.78 is 74.5. The number of halogens is 15. The molecule has 0 spiro atoms. The number of carbonyl (C=O) groups is 2. The number of methoxy groups -OCH3 is 3. The predicted octanol–water partition coefficient (Wildman–Crippen LogP) is 16.9. The molecule has 37 heteroatoms. The van der Waals surface area contributed by atoms with Gasteiger partial charge in [0.25, 0.3) is 0 Å². The largest absolute Gasteiger partial charge is 0 e. The second kappa shape index (κ2) is 44.7. The number of benzene rings is 6. The van der Waals surface area contributed by atoms with E-state index in [9.17, 15) is 28.3 Å². The first-order valence-electron chi connectivity index (χ1n) is 31.2. The van der Waals surface area contributed by atoms with Gasteiger partial charge in [-0.3, -0.25) is 9.59 Å². The molecule has 3 amide bonds. The number of carbonyl (C=O) groups excluding carboxylic acids is 3. The molecule has 6 aromatic carbocycles. The zero-order valence-electron chi connectivity index (χ0n) is 56.0. The van der Waals surface area contributed by atoms with E-state index in [0.29, 0.717) is 138 Å². The number of nitrogens with one attached hydrogen (secondary N) is 2. The van der Waals surface area contributed by atoms with Crippen LogP contribution < -0.4 is 52.5 Å². The second-order valence-corrected chi connectivity index (χ2v) is 41.5. The molecule has 3 aliphatic heterocycles. The number of phenols is 1. The molecule has 561 valence electrons. The fourth-order valence-corrected chi connectivity index (χ4v) is 12.1. The van der Waals surface area contributed by atoms with Crippen molar-refractivity contribution >= 4 is 253 Å². The van der Waals surface area contributed by atoms with Crippen molar-refractivity contribution in [1.82, 2.24) is 44.6 Å². The summed E-state index contributed by atoms with van der Waals surface area (Å²) in [5, 5.41) is 16.8. The molecule has 0 bridgehead atoms. The number of amides is 3. The van der Waals surface area contributed by atoms with E-state index in [2.05, 4.69) is 129 Å².